The van der Waals surface area contributed by atoms with Crippen LogP contribution in [-0.2, 0) is 0 Å². The lowest BCUT2D eigenvalue weighted by atomic mass is 9.70. The molecule has 1 aromatic rings. The number of rotatable bonds is 4. The van der Waals surface area contributed by atoms with E-state index in [1.54, 1.807) is 11.3 Å². The Hall–Kier alpha value is -0.260. The van der Waals surface area contributed by atoms with Gasteiger partial charge in [-0.05, 0) is 24.0 Å². The fraction of sp³-hybridized carbons (Fsp3) is 0.769. The van der Waals surface area contributed by atoms with Gasteiger partial charge in [0.1, 0.15) is 0 Å². The van der Waals surface area contributed by atoms with Crippen LogP contribution in [0.1, 0.15) is 19.3 Å². The van der Waals surface area contributed by atoms with E-state index >= 15 is 0 Å². The van der Waals surface area contributed by atoms with Crippen LogP contribution in [0.4, 0.5) is 5.13 Å². The van der Waals surface area contributed by atoms with Gasteiger partial charge < -0.3 is 4.90 Å². The predicted molar refractivity (Wildman–Crippen MR) is 80.9 cm³/mol. The van der Waals surface area contributed by atoms with Crippen molar-refractivity contribution in [2.75, 3.05) is 43.4 Å². The van der Waals surface area contributed by atoms with Crippen LogP contribution >= 0.6 is 24.0 Å². The molecule has 3 nitrogen and oxygen atoms in total. The Morgan fingerprint density at radius 2 is 2.06 bits per heavy atom. The van der Waals surface area contributed by atoms with E-state index in [1.807, 2.05) is 6.20 Å². The maximum Gasteiger partial charge on any atom is 0.185 e. The monoisotopic (exact) mass is 283 g/mol. The molecule has 1 saturated carbocycles. The van der Waals surface area contributed by atoms with Crippen molar-refractivity contribution in [1.82, 2.24) is 9.88 Å². The summed E-state index contributed by atoms with van der Waals surface area (Å²) in [5.41, 5.74) is 0.534. The minimum absolute atomic E-state index is 0.534. The SMILES string of the molecule is SCC1(CN2CCN(c3nccs3)CC2)CCC1. The highest BCUT2D eigenvalue weighted by Gasteiger charge is 2.37. The van der Waals surface area contributed by atoms with Gasteiger partial charge in [0.2, 0.25) is 0 Å². The molecule has 2 heterocycles. The third-order valence-electron chi connectivity index (χ3n) is 4.37. The highest BCUT2D eigenvalue weighted by Crippen LogP contribution is 2.42. The van der Waals surface area contributed by atoms with E-state index in [9.17, 15) is 0 Å². The van der Waals surface area contributed by atoms with Crippen LogP contribution in [0, 0.1) is 5.41 Å². The molecule has 0 radical (unpaired) electrons. The fourth-order valence-corrected chi connectivity index (χ4v) is 4.10. The number of hydrogen-bond donors (Lipinski definition) is 1. The van der Waals surface area contributed by atoms with E-state index in [0.717, 1.165) is 18.8 Å². The molecule has 2 aliphatic rings. The minimum Gasteiger partial charge on any atom is -0.346 e. The third-order valence-corrected chi connectivity index (χ3v) is 5.87. The normalized spacial score (nSPS) is 23.9. The van der Waals surface area contributed by atoms with Gasteiger partial charge in [-0.25, -0.2) is 4.98 Å². The lowest BCUT2D eigenvalue weighted by Gasteiger charge is -2.46. The first-order chi connectivity index (χ1) is 8.81. The fourth-order valence-electron chi connectivity index (χ4n) is 2.99. The highest BCUT2D eigenvalue weighted by atomic mass is 32.1. The number of aromatic nitrogens is 1. The maximum atomic E-state index is 4.55. The van der Waals surface area contributed by atoms with Crippen molar-refractivity contribution in [2.24, 2.45) is 5.41 Å². The number of piperazine rings is 1. The zero-order valence-corrected chi connectivity index (χ0v) is 12.4. The molecule has 0 aromatic carbocycles. The third kappa shape index (κ3) is 2.53. The molecule has 1 aliphatic carbocycles. The second-order valence-corrected chi connectivity index (χ2v) is 6.78. The first kappa shape index (κ1) is 12.8. The van der Waals surface area contributed by atoms with E-state index in [0.29, 0.717) is 5.41 Å². The van der Waals surface area contributed by atoms with Crippen LogP contribution in [0.5, 0.6) is 0 Å². The largest absolute Gasteiger partial charge is 0.346 e. The molecule has 0 amide bonds. The lowest BCUT2D eigenvalue weighted by molar-refractivity contribution is 0.0868. The quantitative estimate of drug-likeness (QED) is 0.856. The minimum atomic E-state index is 0.534. The zero-order valence-electron chi connectivity index (χ0n) is 10.7. The molecule has 0 N–H and O–H groups in total. The smallest absolute Gasteiger partial charge is 0.185 e. The topological polar surface area (TPSA) is 19.4 Å². The summed E-state index contributed by atoms with van der Waals surface area (Å²) in [5.74, 6) is 1.06. The zero-order chi connectivity index (χ0) is 12.4. The summed E-state index contributed by atoms with van der Waals surface area (Å²) in [5, 5.41) is 3.24. The molecular weight excluding hydrogens is 262 g/mol. The van der Waals surface area contributed by atoms with Gasteiger partial charge in [0.05, 0.1) is 0 Å². The molecular formula is C13H21N3S2. The highest BCUT2D eigenvalue weighted by molar-refractivity contribution is 7.80. The number of hydrogen-bond acceptors (Lipinski definition) is 5. The van der Waals surface area contributed by atoms with Crippen molar-refractivity contribution in [3.05, 3.63) is 11.6 Å². The number of nitrogens with zero attached hydrogens (tertiary/aromatic N) is 3. The Kier molecular flexibility index (Phi) is 3.82. The number of anilines is 1. The molecule has 3 rings (SSSR count). The Bertz CT molecular complexity index is 362. The molecule has 100 valence electrons. The van der Waals surface area contributed by atoms with Crippen molar-refractivity contribution < 1.29 is 0 Å². The van der Waals surface area contributed by atoms with E-state index in [-0.39, 0.29) is 0 Å². The molecule has 1 aliphatic heterocycles. The first-order valence-corrected chi connectivity index (χ1v) is 8.30. The van der Waals surface area contributed by atoms with Crippen LogP contribution in [0.15, 0.2) is 11.6 Å². The van der Waals surface area contributed by atoms with Gasteiger partial charge in [0.15, 0.2) is 5.13 Å². The molecule has 0 bridgehead atoms. The van der Waals surface area contributed by atoms with Gasteiger partial charge in [0.25, 0.3) is 0 Å². The molecule has 1 aromatic heterocycles. The lowest BCUT2D eigenvalue weighted by Crippen LogP contribution is -2.52. The molecule has 5 heteroatoms. The van der Waals surface area contributed by atoms with Gasteiger partial charge in [0, 0.05) is 44.3 Å². The Labute approximate surface area is 119 Å². The number of thiazole rings is 1. The first-order valence-electron chi connectivity index (χ1n) is 6.79. The predicted octanol–water partition coefficient (Wildman–Crippen LogP) is 2.37. The Morgan fingerprint density at radius 3 is 2.56 bits per heavy atom. The van der Waals surface area contributed by atoms with Crippen LogP contribution in [0.25, 0.3) is 0 Å². The molecule has 1 saturated heterocycles. The van der Waals surface area contributed by atoms with E-state index in [4.69, 9.17) is 0 Å². The Balaban J connectivity index is 1.51. The van der Waals surface area contributed by atoms with Crippen molar-refractivity contribution >= 4 is 29.1 Å². The average Bonchev–Trinajstić information content (AvgIpc) is 2.88. The summed E-state index contributed by atoms with van der Waals surface area (Å²) in [6.07, 6.45) is 6.06. The van der Waals surface area contributed by atoms with Gasteiger partial charge in [-0.3, -0.25) is 4.90 Å². The van der Waals surface area contributed by atoms with Gasteiger partial charge >= 0.3 is 0 Å². The van der Waals surface area contributed by atoms with Crippen LogP contribution in [-0.4, -0.2) is 48.4 Å². The van der Waals surface area contributed by atoms with E-state index in [1.165, 1.54) is 44.0 Å². The standard InChI is InChI=1S/C13H21N3S2/c17-11-13(2-1-3-13)10-15-5-7-16(8-6-15)12-14-4-9-18-12/h4,9,17H,1-3,5-8,10-11H2. The Morgan fingerprint density at radius 1 is 1.28 bits per heavy atom. The van der Waals surface area contributed by atoms with Gasteiger partial charge in [-0.2, -0.15) is 12.6 Å². The molecule has 2 fully saturated rings. The maximum absolute atomic E-state index is 4.55. The van der Waals surface area contributed by atoms with E-state index < -0.39 is 0 Å². The molecule has 0 unspecified atom stereocenters. The number of thiol groups is 1. The summed E-state index contributed by atoms with van der Waals surface area (Å²) >= 11 is 6.30. The van der Waals surface area contributed by atoms with Crippen LogP contribution < -0.4 is 4.90 Å². The second kappa shape index (κ2) is 5.39. The summed E-state index contributed by atoms with van der Waals surface area (Å²) in [6.45, 7) is 5.85. The van der Waals surface area contributed by atoms with Crippen molar-refractivity contribution in [3.63, 3.8) is 0 Å². The molecule has 0 atom stereocenters. The summed E-state index contributed by atoms with van der Waals surface area (Å²) in [7, 11) is 0. The summed E-state index contributed by atoms with van der Waals surface area (Å²) in [6, 6.07) is 0. The summed E-state index contributed by atoms with van der Waals surface area (Å²) < 4.78 is 0. The van der Waals surface area contributed by atoms with Gasteiger partial charge in [-0.1, -0.05) is 6.42 Å². The van der Waals surface area contributed by atoms with E-state index in [2.05, 4.69) is 32.8 Å². The van der Waals surface area contributed by atoms with Crippen molar-refractivity contribution in [3.8, 4) is 0 Å². The van der Waals surface area contributed by atoms with Gasteiger partial charge in [-0.15, -0.1) is 11.3 Å². The molecule has 18 heavy (non-hydrogen) atoms. The average molecular weight is 283 g/mol. The van der Waals surface area contributed by atoms with Crippen molar-refractivity contribution in [1.29, 1.82) is 0 Å². The molecule has 0 spiro atoms. The van der Waals surface area contributed by atoms with Crippen LogP contribution in [0.2, 0.25) is 0 Å². The van der Waals surface area contributed by atoms with Crippen LogP contribution in [0.3, 0.4) is 0 Å². The second-order valence-electron chi connectivity index (χ2n) is 5.59. The summed E-state index contributed by atoms with van der Waals surface area (Å²) in [4.78, 5) is 9.43. The van der Waals surface area contributed by atoms with Crippen molar-refractivity contribution in [2.45, 2.75) is 19.3 Å².